The Labute approximate surface area is 188 Å². The lowest BCUT2D eigenvalue weighted by atomic mass is 9.96. The Morgan fingerprint density at radius 1 is 1.09 bits per heavy atom. The van der Waals surface area contributed by atoms with E-state index >= 15 is 0 Å². The molecule has 1 saturated carbocycles. The first-order chi connectivity index (χ1) is 15.2. The molecule has 178 valence electrons. The Kier molecular flexibility index (Phi) is 7.77. The van der Waals surface area contributed by atoms with Crippen LogP contribution in [0.3, 0.4) is 0 Å². The number of rotatable bonds is 7. The van der Waals surface area contributed by atoms with Gasteiger partial charge in [0.05, 0.1) is 0 Å². The molecule has 11 nitrogen and oxygen atoms in total. The summed E-state index contributed by atoms with van der Waals surface area (Å²) in [5, 5.41) is 5.67. The summed E-state index contributed by atoms with van der Waals surface area (Å²) in [4.78, 5) is 37.4. The van der Waals surface area contributed by atoms with E-state index in [0.717, 1.165) is 25.7 Å². The Bertz CT molecular complexity index is 946. The molecule has 1 aromatic rings. The van der Waals surface area contributed by atoms with Crippen LogP contribution in [0, 0.1) is 0 Å². The van der Waals surface area contributed by atoms with Crippen molar-refractivity contribution in [2.75, 3.05) is 32.7 Å². The van der Waals surface area contributed by atoms with Gasteiger partial charge in [-0.25, -0.2) is 13.2 Å². The molecule has 2 fully saturated rings. The molecule has 32 heavy (non-hydrogen) atoms. The Morgan fingerprint density at radius 2 is 1.75 bits per heavy atom. The molecule has 1 saturated heterocycles. The second-order valence-corrected chi connectivity index (χ2v) is 10.2. The average Bonchev–Trinajstić information content (AvgIpc) is 3.17. The van der Waals surface area contributed by atoms with Gasteiger partial charge in [-0.15, -0.1) is 0 Å². The van der Waals surface area contributed by atoms with Gasteiger partial charge in [0, 0.05) is 58.4 Å². The first-order valence-electron chi connectivity index (χ1n) is 11.0. The first kappa shape index (κ1) is 24.1. The molecule has 1 aliphatic heterocycles. The van der Waals surface area contributed by atoms with Crippen molar-refractivity contribution in [2.45, 2.75) is 49.5 Å². The summed E-state index contributed by atoms with van der Waals surface area (Å²) >= 11 is 0. The molecule has 0 unspecified atom stereocenters. The summed E-state index contributed by atoms with van der Waals surface area (Å²) in [6.45, 7) is 1.08. The third-order valence-corrected chi connectivity index (χ3v) is 7.89. The smallest absolute Gasteiger partial charge is 0.315 e. The molecule has 0 spiro atoms. The number of aryl methyl sites for hydroxylation is 1. The van der Waals surface area contributed by atoms with E-state index in [0.29, 0.717) is 0 Å². The second kappa shape index (κ2) is 10.3. The Hall–Kier alpha value is -2.60. The Balaban J connectivity index is 1.43. The van der Waals surface area contributed by atoms with Crippen LogP contribution in [0.2, 0.25) is 0 Å². The number of primary amides is 1. The molecule has 12 heteroatoms. The lowest BCUT2D eigenvalue weighted by Crippen LogP contribution is -2.51. The van der Waals surface area contributed by atoms with E-state index in [9.17, 15) is 22.8 Å². The standard InChI is InChI=1S/C20H32N6O5S/c1-24-14-16(13-17(24)19(21)28)32(30,31)26-11-9-25(10-12-26)18(27)7-8-22-20(29)23-15-5-3-2-4-6-15/h13-15H,2-12H2,1H3,(H2,21,28)(H2,22,23,29). The highest BCUT2D eigenvalue weighted by atomic mass is 32.2. The van der Waals surface area contributed by atoms with Gasteiger partial charge in [-0.3, -0.25) is 9.59 Å². The van der Waals surface area contributed by atoms with Crippen LogP contribution >= 0.6 is 0 Å². The van der Waals surface area contributed by atoms with Crippen LogP contribution in [0.15, 0.2) is 17.2 Å². The summed E-state index contributed by atoms with van der Waals surface area (Å²) in [6, 6.07) is 1.22. The molecular formula is C20H32N6O5S. The van der Waals surface area contributed by atoms with E-state index in [1.807, 2.05) is 0 Å². The number of nitrogens with two attached hydrogens (primary N) is 1. The number of nitrogens with one attached hydrogen (secondary N) is 2. The molecule has 0 aromatic carbocycles. The minimum atomic E-state index is -3.79. The predicted molar refractivity (Wildman–Crippen MR) is 117 cm³/mol. The van der Waals surface area contributed by atoms with Gasteiger partial charge in [-0.05, 0) is 18.9 Å². The van der Waals surface area contributed by atoms with Gasteiger partial charge in [0.1, 0.15) is 10.6 Å². The van der Waals surface area contributed by atoms with Crippen LogP contribution in [0.4, 0.5) is 4.79 Å². The largest absolute Gasteiger partial charge is 0.364 e. The Morgan fingerprint density at radius 3 is 2.34 bits per heavy atom. The van der Waals surface area contributed by atoms with Crippen molar-refractivity contribution in [3.8, 4) is 0 Å². The van der Waals surface area contributed by atoms with Crippen LogP contribution in [-0.4, -0.2) is 78.8 Å². The normalized spacial score (nSPS) is 18.3. The molecule has 0 bridgehead atoms. The predicted octanol–water partition coefficient (Wildman–Crippen LogP) is -0.0211. The van der Waals surface area contributed by atoms with Crippen LogP contribution in [-0.2, 0) is 21.9 Å². The average molecular weight is 469 g/mol. The van der Waals surface area contributed by atoms with Crippen LogP contribution < -0.4 is 16.4 Å². The minimum Gasteiger partial charge on any atom is -0.364 e. The summed E-state index contributed by atoms with van der Waals surface area (Å²) < 4.78 is 28.4. The van der Waals surface area contributed by atoms with Crippen molar-refractivity contribution >= 4 is 27.9 Å². The van der Waals surface area contributed by atoms with Crippen molar-refractivity contribution in [1.29, 1.82) is 0 Å². The molecule has 1 aromatic heterocycles. The number of amides is 4. The van der Waals surface area contributed by atoms with Gasteiger partial charge >= 0.3 is 6.03 Å². The zero-order valence-corrected chi connectivity index (χ0v) is 19.2. The van der Waals surface area contributed by atoms with Gasteiger partial charge in [-0.1, -0.05) is 19.3 Å². The summed E-state index contributed by atoms with van der Waals surface area (Å²) in [5.74, 6) is -0.832. The third-order valence-electron chi connectivity index (χ3n) is 6.03. The molecule has 3 rings (SSSR count). The highest BCUT2D eigenvalue weighted by Gasteiger charge is 2.31. The summed E-state index contributed by atoms with van der Waals surface area (Å²) in [6.07, 6.45) is 6.97. The number of aromatic nitrogens is 1. The number of carbonyl (C=O) groups excluding carboxylic acids is 3. The van der Waals surface area contributed by atoms with Crippen molar-refractivity contribution < 1.29 is 22.8 Å². The maximum absolute atomic E-state index is 12.9. The molecule has 2 heterocycles. The summed E-state index contributed by atoms with van der Waals surface area (Å²) in [7, 11) is -2.23. The van der Waals surface area contributed by atoms with Crippen LogP contribution in [0.25, 0.3) is 0 Å². The fourth-order valence-corrected chi connectivity index (χ4v) is 5.67. The van der Waals surface area contributed by atoms with Crippen LogP contribution in [0.5, 0.6) is 0 Å². The zero-order chi connectivity index (χ0) is 23.3. The van der Waals surface area contributed by atoms with Gasteiger partial charge < -0.3 is 25.8 Å². The van der Waals surface area contributed by atoms with E-state index in [2.05, 4.69) is 10.6 Å². The maximum Gasteiger partial charge on any atom is 0.315 e. The highest BCUT2D eigenvalue weighted by molar-refractivity contribution is 7.89. The highest BCUT2D eigenvalue weighted by Crippen LogP contribution is 2.20. The van der Waals surface area contributed by atoms with E-state index in [1.54, 1.807) is 11.9 Å². The van der Waals surface area contributed by atoms with Gasteiger partial charge in [0.2, 0.25) is 15.9 Å². The minimum absolute atomic E-state index is 0.00162. The monoisotopic (exact) mass is 468 g/mol. The first-order valence-corrected chi connectivity index (χ1v) is 12.4. The van der Waals surface area contributed by atoms with Crippen molar-refractivity contribution in [1.82, 2.24) is 24.4 Å². The second-order valence-electron chi connectivity index (χ2n) is 8.31. The SMILES string of the molecule is Cn1cc(S(=O)(=O)N2CCN(C(=O)CCNC(=O)NC3CCCCC3)CC2)cc1C(N)=O. The van der Waals surface area contributed by atoms with E-state index in [1.165, 1.54) is 27.6 Å². The number of urea groups is 1. The molecule has 2 aliphatic rings. The fraction of sp³-hybridized carbons (Fsp3) is 0.650. The quantitative estimate of drug-likeness (QED) is 0.515. The maximum atomic E-state index is 12.9. The fourth-order valence-electron chi connectivity index (χ4n) is 4.17. The number of sulfonamides is 1. The molecule has 4 amide bonds. The lowest BCUT2D eigenvalue weighted by molar-refractivity contribution is -0.132. The van der Waals surface area contributed by atoms with E-state index in [4.69, 9.17) is 5.73 Å². The number of carbonyl (C=O) groups is 3. The van der Waals surface area contributed by atoms with Crippen molar-refractivity contribution in [3.63, 3.8) is 0 Å². The molecule has 1 aliphatic carbocycles. The molecule has 0 radical (unpaired) electrons. The summed E-state index contributed by atoms with van der Waals surface area (Å²) in [5.41, 5.74) is 5.37. The number of nitrogens with zero attached hydrogens (tertiary/aromatic N) is 3. The number of hydrogen-bond acceptors (Lipinski definition) is 5. The molecule has 0 atom stereocenters. The topological polar surface area (TPSA) is 147 Å². The van der Waals surface area contributed by atoms with E-state index in [-0.39, 0.29) is 67.7 Å². The van der Waals surface area contributed by atoms with Crippen molar-refractivity contribution in [3.05, 3.63) is 18.0 Å². The zero-order valence-electron chi connectivity index (χ0n) is 18.4. The lowest BCUT2D eigenvalue weighted by Gasteiger charge is -2.34. The third kappa shape index (κ3) is 5.80. The van der Waals surface area contributed by atoms with Crippen molar-refractivity contribution in [2.24, 2.45) is 12.8 Å². The molecular weight excluding hydrogens is 436 g/mol. The van der Waals surface area contributed by atoms with E-state index < -0.39 is 15.9 Å². The van der Waals surface area contributed by atoms with Crippen LogP contribution in [0.1, 0.15) is 49.0 Å². The van der Waals surface area contributed by atoms with Gasteiger partial charge in [0.15, 0.2) is 0 Å². The van der Waals surface area contributed by atoms with Gasteiger partial charge in [-0.2, -0.15) is 4.31 Å². The molecule has 4 N–H and O–H groups in total. The van der Waals surface area contributed by atoms with Gasteiger partial charge in [0.25, 0.3) is 5.91 Å². The number of hydrogen-bond donors (Lipinski definition) is 3. The number of piperazine rings is 1.